The Balaban J connectivity index is 0.000000289. The average molecular weight is 402 g/mol. The lowest BCUT2D eigenvalue weighted by molar-refractivity contribution is -0.134. The maximum Gasteiger partial charge on any atom is 0.328 e. The number of rotatable bonds is 4. The molecule has 4 N–H and O–H groups in total. The van der Waals surface area contributed by atoms with Crippen LogP contribution in [-0.2, 0) is 19.7 Å². The molecule has 0 bridgehead atoms. The number of ether oxygens (including phenoxy) is 1. The highest BCUT2D eigenvalue weighted by Gasteiger charge is 2.22. The summed E-state index contributed by atoms with van der Waals surface area (Å²) in [6.45, 7) is 7.28. The molecule has 7 heteroatoms. The van der Waals surface area contributed by atoms with E-state index in [1.165, 1.54) is 0 Å². The first-order chi connectivity index (χ1) is 13.5. The molecule has 1 heterocycles. The van der Waals surface area contributed by atoms with Crippen LogP contribution in [0.1, 0.15) is 31.9 Å². The molecule has 2 aromatic carbocycles. The van der Waals surface area contributed by atoms with Gasteiger partial charge >= 0.3 is 11.9 Å². The molecule has 156 valence electrons. The molecule has 0 saturated carbocycles. The molecule has 1 aliphatic heterocycles. The number of phenols is 2. The number of epoxide rings is 1. The molecule has 1 saturated heterocycles. The molecule has 0 aliphatic carbocycles. The second-order valence-corrected chi connectivity index (χ2v) is 6.87. The standard InChI is InChI=1S/C15H16O2.C4H4O4.C3H6O/c1-15(2,11-3-7-13(16)8-4-11)12-5-9-14(17)10-6-12;5-3(6)1-2-4(7)8;1-3-2-4-3/h3-10,16-17H,1-2H3;1-2H,(H,5,6)(H,7,8);3H,2H2,1H3/b;2-1+;. The molecular formula is C22H26O7. The Bertz CT molecular complexity index is 754. The van der Waals surface area contributed by atoms with Crippen molar-refractivity contribution in [3.8, 4) is 11.5 Å². The van der Waals surface area contributed by atoms with Crippen LogP contribution in [0.5, 0.6) is 11.5 Å². The van der Waals surface area contributed by atoms with Crippen molar-refractivity contribution in [2.45, 2.75) is 32.3 Å². The quantitative estimate of drug-likeness (QED) is 0.455. The molecule has 29 heavy (non-hydrogen) atoms. The Morgan fingerprint density at radius 1 is 0.862 bits per heavy atom. The monoisotopic (exact) mass is 402 g/mol. The van der Waals surface area contributed by atoms with Crippen molar-refractivity contribution >= 4 is 11.9 Å². The van der Waals surface area contributed by atoms with Crippen molar-refractivity contribution in [2.24, 2.45) is 0 Å². The van der Waals surface area contributed by atoms with Crippen LogP contribution in [0, 0.1) is 0 Å². The largest absolute Gasteiger partial charge is 0.508 e. The summed E-state index contributed by atoms with van der Waals surface area (Å²) in [5, 5.41) is 34.2. The molecule has 0 radical (unpaired) electrons. The summed E-state index contributed by atoms with van der Waals surface area (Å²) < 4.78 is 4.71. The molecule has 1 fully saturated rings. The third-order valence-electron chi connectivity index (χ3n) is 4.05. The molecule has 1 aliphatic rings. The van der Waals surface area contributed by atoms with Crippen LogP contribution in [-0.4, -0.2) is 45.1 Å². The Morgan fingerprint density at radius 2 is 1.14 bits per heavy atom. The van der Waals surface area contributed by atoms with Gasteiger partial charge in [0.25, 0.3) is 0 Å². The molecule has 2 aromatic rings. The molecule has 0 spiro atoms. The van der Waals surface area contributed by atoms with E-state index in [-0.39, 0.29) is 16.9 Å². The normalized spacial score (nSPS) is 14.8. The maximum atomic E-state index is 9.55. The van der Waals surface area contributed by atoms with Crippen molar-refractivity contribution in [3.05, 3.63) is 71.8 Å². The summed E-state index contributed by atoms with van der Waals surface area (Å²) in [5.41, 5.74) is 2.10. The average Bonchev–Trinajstić information content (AvgIpc) is 3.44. The summed E-state index contributed by atoms with van der Waals surface area (Å²) in [4.78, 5) is 19.1. The number of hydrogen-bond donors (Lipinski definition) is 4. The van der Waals surface area contributed by atoms with Gasteiger partial charge in [0, 0.05) is 17.6 Å². The summed E-state index contributed by atoms with van der Waals surface area (Å²) in [7, 11) is 0. The number of carboxylic acids is 2. The number of carbonyl (C=O) groups is 2. The van der Waals surface area contributed by atoms with E-state index in [1.54, 1.807) is 24.3 Å². The number of benzene rings is 2. The smallest absolute Gasteiger partial charge is 0.328 e. The van der Waals surface area contributed by atoms with Crippen LogP contribution in [0.3, 0.4) is 0 Å². The van der Waals surface area contributed by atoms with Gasteiger partial charge < -0.3 is 25.2 Å². The summed E-state index contributed by atoms with van der Waals surface area (Å²) in [6.07, 6.45) is 1.70. The van der Waals surface area contributed by atoms with Crippen molar-refractivity contribution in [2.75, 3.05) is 6.61 Å². The van der Waals surface area contributed by atoms with E-state index >= 15 is 0 Å². The zero-order valence-electron chi connectivity index (χ0n) is 16.6. The maximum absolute atomic E-state index is 9.55. The van der Waals surface area contributed by atoms with Gasteiger partial charge in [0.1, 0.15) is 11.5 Å². The van der Waals surface area contributed by atoms with E-state index in [1.807, 2.05) is 24.3 Å². The zero-order chi connectivity index (χ0) is 22.0. The third-order valence-corrected chi connectivity index (χ3v) is 4.05. The highest BCUT2D eigenvalue weighted by molar-refractivity contribution is 5.89. The molecule has 1 unspecified atom stereocenters. The number of aliphatic carboxylic acids is 2. The topological polar surface area (TPSA) is 128 Å². The second-order valence-electron chi connectivity index (χ2n) is 6.87. The van der Waals surface area contributed by atoms with Crippen molar-refractivity contribution in [1.29, 1.82) is 0 Å². The van der Waals surface area contributed by atoms with Gasteiger partial charge in [-0.05, 0) is 42.3 Å². The van der Waals surface area contributed by atoms with Crippen molar-refractivity contribution < 1.29 is 34.8 Å². The minimum absolute atomic E-state index is 0.151. The van der Waals surface area contributed by atoms with E-state index in [0.29, 0.717) is 18.3 Å². The van der Waals surface area contributed by atoms with Crippen molar-refractivity contribution in [1.82, 2.24) is 0 Å². The van der Waals surface area contributed by atoms with E-state index in [4.69, 9.17) is 14.9 Å². The molecule has 0 aromatic heterocycles. The number of aromatic hydroxyl groups is 2. The third kappa shape index (κ3) is 9.44. The van der Waals surface area contributed by atoms with Crippen molar-refractivity contribution in [3.63, 3.8) is 0 Å². The summed E-state index contributed by atoms with van der Waals surface area (Å²) >= 11 is 0. The fourth-order valence-corrected chi connectivity index (χ4v) is 2.16. The van der Waals surface area contributed by atoms with E-state index in [2.05, 4.69) is 20.8 Å². The minimum Gasteiger partial charge on any atom is -0.508 e. The van der Waals surface area contributed by atoms with E-state index < -0.39 is 11.9 Å². The van der Waals surface area contributed by atoms with Crippen LogP contribution < -0.4 is 0 Å². The fraction of sp³-hybridized carbons (Fsp3) is 0.273. The molecule has 3 rings (SSSR count). The number of carboxylic acid groups (broad SMARTS) is 2. The van der Waals surface area contributed by atoms with Crippen LogP contribution >= 0.6 is 0 Å². The highest BCUT2D eigenvalue weighted by atomic mass is 16.6. The summed E-state index contributed by atoms with van der Waals surface area (Å²) in [6, 6.07) is 14.4. The predicted octanol–water partition coefficient (Wildman–Crippen LogP) is 3.54. The van der Waals surface area contributed by atoms with Gasteiger partial charge in [0.2, 0.25) is 0 Å². The zero-order valence-corrected chi connectivity index (χ0v) is 16.6. The van der Waals surface area contributed by atoms with Crippen LogP contribution in [0.15, 0.2) is 60.7 Å². The first-order valence-corrected chi connectivity index (χ1v) is 8.87. The fourth-order valence-electron chi connectivity index (χ4n) is 2.16. The lowest BCUT2D eigenvalue weighted by Crippen LogP contribution is -2.18. The Morgan fingerprint density at radius 3 is 1.34 bits per heavy atom. The van der Waals surface area contributed by atoms with Gasteiger partial charge in [0.15, 0.2) is 0 Å². The molecular weight excluding hydrogens is 376 g/mol. The van der Waals surface area contributed by atoms with Gasteiger partial charge in [-0.25, -0.2) is 9.59 Å². The lowest BCUT2D eigenvalue weighted by Gasteiger charge is -2.26. The first kappa shape index (κ1) is 23.7. The van der Waals surface area contributed by atoms with Gasteiger partial charge in [0.05, 0.1) is 12.7 Å². The van der Waals surface area contributed by atoms with Crippen LogP contribution in [0.25, 0.3) is 0 Å². The second kappa shape index (κ2) is 10.9. The highest BCUT2D eigenvalue weighted by Crippen LogP contribution is 2.32. The SMILES string of the molecule is CC(C)(c1ccc(O)cc1)c1ccc(O)cc1.CC1CO1.O=C(O)/C=C/C(=O)O. The van der Waals surface area contributed by atoms with Gasteiger partial charge in [-0.2, -0.15) is 0 Å². The lowest BCUT2D eigenvalue weighted by atomic mass is 9.78. The van der Waals surface area contributed by atoms with Crippen LogP contribution in [0.4, 0.5) is 0 Å². The van der Waals surface area contributed by atoms with Gasteiger partial charge in [-0.15, -0.1) is 0 Å². The first-order valence-electron chi connectivity index (χ1n) is 8.87. The van der Waals surface area contributed by atoms with Gasteiger partial charge in [-0.3, -0.25) is 0 Å². The number of phenolic OH excluding ortho intramolecular Hbond substituents is 2. The number of hydrogen-bond acceptors (Lipinski definition) is 5. The molecule has 7 nitrogen and oxygen atoms in total. The van der Waals surface area contributed by atoms with Crippen LogP contribution in [0.2, 0.25) is 0 Å². The van der Waals surface area contributed by atoms with E-state index in [0.717, 1.165) is 17.7 Å². The predicted molar refractivity (Wildman–Crippen MR) is 108 cm³/mol. The molecule has 1 atom stereocenters. The molecule has 0 amide bonds. The van der Waals surface area contributed by atoms with Gasteiger partial charge in [-0.1, -0.05) is 38.1 Å². The van der Waals surface area contributed by atoms with E-state index in [9.17, 15) is 19.8 Å². The Labute approximate surface area is 169 Å². The Hall–Kier alpha value is -3.32. The Kier molecular flexibility index (Phi) is 8.89. The summed E-state index contributed by atoms with van der Waals surface area (Å²) in [5.74, 6) is -1.97. The minimum atomic E-state index is -1.26.